The molecule has 0 bridgehead atoms. The molecule has 166 valence electrons. The summed E-state index contributed by atoms with van der Waals surface area (Å²) in [6, 6.07) is 14.8. The normalized spacial score (nSPS) is 15.3. The van der Waals surface area contributed by atoms with Crippen LogP contribution in [0.15, 0.2) is 48.5 Å². The second-order valence-electron chi connectivity index (χ2n) is 8.89. The van der Waals surface area contributed by atoms with Crippen LogP contribution in [0, 0.1) is 0 Å². The molecular formula is C25H32N2O4. The fourth-order valence-corrected chi connectivity index (χ4v) is 3.37. The molecule has 0 aromatic heterocycles. The summed E-state index contributed by atoms with van der Waals surface area (Å²) in [6.07, 6.45) is 0. The van der Waals surface area contributed by atoms with Gasteiger partial charge in [-0.25, -0.2) is 0 Å². The predicted molar refractivity (Wildman–Crippen MR) is 120 cm³/mol. The molecule has 1 unspecified atom stereocenters. The van der Waals surface area contributed by atoms with Gasteiger partial charge in [0, 0.05) is 18.7 Å². The molecule has 31 heavy (non-hydrogen) atoms. The summed E-state index contributed by atoms with van der Waals surface area (Å²) in [7, 11) is 0. The molecule has 1 fully saturated rings. The first-order valence-corrected chi connectivity index (χ1v) is 10.7. The lowest BCUT2D eigenvalue weighted by Crippen LogP contribution is -2.50. The lowest BCUT2D eigenvalue weighted by molar-refractivity contribution is -0.136. The topological polar surface area (TPSA) is 67.9 Å². The SMILES string of the molecule is CC(NC(=O)c1ccc(COc2ccc(C(C)(C)C)cc2)cc1)C(=O)N1CCOCC1. The Bertz CT molecular complexity index is 879. The smallest absolute Gasteiger partial charge is 0.251 e. The highest BCUT2D eigenvalue weighted by atomic mass is 16.5. The van der Waals surface area contributed by atoms with Gasteiger partial charge in [0.15, 0.2) is 0 Å². The van der Waals surface area contributed by atoms with Gasteiger partial charge in [-0.1, -0.05) is 45.0 Å². The van der Waals surface area contributed by atoms with Crippen molar-refractivity contribution in [2.45, 2.75) is 45.8 Å². The van der Waals surface area contributed by atoms with Gasteiger partial charge >= 0.3 is 0 Å². The van der Waals surface area contributed by atoms with Crippen molar-refractivity contribution in [1.29, 1.82) is 0 Å². The van der Waals surface area contributed by atoms with E-state index in [1.54, 1.807) is 24.0 Å². The molecule has 2 aromatic rings. The van der Waals surface area contributed by atoms with Crippen LogP contribution < -0.4 is 10.1 Å². The van der Waals surface area contributed by atoms with E-state index in [2.05, 4.69) is 38.2 Å². The molecular weight excluding hydrogens is 392 g/mol. The number of carbonyl (C=O) groups is 2. The standard InChI is InChI=1S/C25H32N2O4/c1-18(24(29)27-13-15-30-16-14-27)26-23(28)20-7-5-19(6-8-20)17-31-22-11-9-21(10-12-22)25(2,3)4/h5-12,18H,13-17H2,1-4H3,(H,26,28). The van der Waals surface area contributed by atoms with Crippen LogP contribution in [0.25, 0.3) is 0 Å². The number of benzene rings is 2. The molecule has 3 rings (SSSR count). The highest BCUT2D eigenvalue weighted by molar-refractivity contribution is 5.97. The molecule has 1 atom stereocenters. The Morgan fingerprint density at radius 2 is 1.65 bits per heavy atom. The second-order valence-corrected chi connectivity index (χ2v) is 8.89. The summed E-state index contributed by atoms with van der Waals surface area (Å²) in [6.45, 7) is 10.9. The number of nitrogens with one attached hydrogen (secondary N) is 1. The van der Waals surface area contributed by atoms with Crippen LogP contribution >= 0.6 is 0 Å². The molecule has 6 nitrogen and oxygen atoms in total. The number of hydrogen-bond acceptors (Lipinski definition) is 4. The monoisotopic (exact) mass is 424 g/mol. The molecule has 1 aliphatic heterocycles. The van der Waals surface area contributed by atoms with Gasteiger partial charge in [-0.3, -0.25) is 9.59 Å². The van der Waals surface area contributed by atoms with Crippen molar-refractivity contribution in [3.05, 3.63) is 65.2 Å². The first-order chi connectivity index (χ1) is 14.7. The largest absolute Gasteiger partial charge is 0.489 e. The van der Waals surface area contributed by atoms with Gasteiger partial charge in [-0.05, 0) is 47.7 Å². The number of rotatable bonds is 6. The fraction of sp³-hybridized carbons (Fsp3) is 0.440. The Hall–Kier alpha value is -2.86. The molecule has 0 aliphatic carbocycles. The van der Waals surface area contributed by atoms with E-state index in [9.17, 15) is 9.59 Å². The lowest BCUT2D eigenvalue weighted by Gasteiger charge is -2.29. The zero-order valence-corrected chi connectivity index (χ0v) is 18.8. The third kappa shape index (κ3) is 6.31. The molecule has 1 N–H and O–H groups in total. The minimum absolute atomic E-state index is 0.0841. The van der Waals surface area contributed by atoms with E-state index in [-0.39, 0.29) is 17.2 Å². The van der Waals surface area contributed by atoms with E-state index in [0.717, 1.165) is 11.3 Å². The third-order valence-corrected chi connectivity index (χ3v) is 5.38. The maximum absolute atomic E-state index is 12.5. The molecule has 2 aromatic carbocycles. The Labute approximate surface area is 184 Å². The van der Waals surface area contributed by atoms with Crippen LogP contribution in [-0.2, 0) is 21.6 Å². The van der Waals surface area contributed by atoms with Gasteiger partial charge < -0.3 is 19.7 Å². The van der Waals surface area contributed by atoms with Crippen molar-refractivity contribution in [2.75, 3.05) is 26.3 Å². The highest BCUT2D eigenvalue weighted by Crippen LogP contribution is 2.24. The van der Waals surface area contributed by atoms with Crippen molar-refractivity contribution in [1.82, 2.24) is 10.2 Å². The van der Waals surface area contributed by atoms with E-state index in [1.807, 2.05) is 24.3 Å². The highest BCUT2D eigenvalue weighted by Gasteiger charge is 2.24. The summed E-state index contributed by atoms with van der Waals surface area (Å²) in [4.78, 5) is 26.7. The van der Waals surface area contributed by atoms with Gasteiger partial charge in [0.2, 0.25) is 5.91 Å². The fourth-order valence-electron chi connectivity index (χ4n) is 3.37. The number of hydrogen-bond donors (Lipinski definition) is 1. The Kier molecular flexibility index (Phi) is 7.33. The maximum Gasteiger partial charge on any atom is 0.251 e. The van der Waals surface area contributed by atoms with E-state index in [1.165, 1.54) is 5.56 Å². The van der Waals surface area contributed by atoms with Crippen LogP contribution in [0.5, 0.6) is 5.75 Å². The van der Waals surface area contributed by atoms with E-state index in [0.29, 0.717) is 38.5 Å². The van der Waals surface area contributed by atoms with Crippen LogP contribution in [0.4, 0.5) is 0 Å². The van der Waals surface area contributed by atoms with Crippen molar-refractivity contribution in [3.63, 3.8) is 0 Å². The average molecular weight is 425 g/mol. The Balaban J connectivity index is 1.51. The summed E-state index contributed by atoms with van der Waals surface area (Å²) in [5, 5.41) is 2.79. The van der Waals surface area contributed by atoms with Crippen LogP contribution in [0.1, 0.15) is 49.2 Å². The quantitative estimate of drug-likeness (QED) is 0.770. The van der Waals surface area contributed by atoms with Crippen LogP contribution in [0.2, 0.25) is 0 Å². The van der Waals surface area contributed by atoms with Crippen molar-refractivity contribution < 1.29 is 19.1 Å². The molecule has 1 saturated heterocycles. The number of nitrogens with zero attached hydrogens (tertiary/aromatic N) is 1. The van der Waals surface area contributed by atoms with Crippen LogP contribution in [0.3, 0.4) is 0 Å². The first-order valence-electron chi connectivity index (χ1n) is 10.7. The summed E-state index contributed by atoms with van der Waals surface area (Å²) < 4.78 is 11.1. The second kappa shape index (κ2) is 9.96. The molecule has 6 heteroatoms. The predicted octanol–water partition coefficient (Wildman–Crippen LogP) is 3.54. The lowest BCUT2D eigenvalue weighted by atomic mass is 9.87. The van der Waals surface area contributed by atoms with Crippen molar-refractivity contribution in [2.24, 2.45) is 0 Å². The third-order valence-electron chi connectivity index (χ3n) is 5.38. The van der Waals surface area contributed by atoms with Gasteiger partial charge in [0.1, 0.15) is 18.4 Å². The van der Waals surface area contributed by atoms with E-state index in [4.69, 9.17) is 9.47 Å². The molecule has 0 spiro atoms. The Morgan fingerprint density at radius 3 is 2.23 bits per heavy atom. The number of morpholine rings is 1. The van der Waals surface area contributed by atoms with Gasteiger partial charge in [0.05, 0.1) is 13.2 Å². The minimum atomic E-state index is -0.579. The molecule has 1 heterocycles. The average Bonchev–Trinajstić information content (AvgIpc) is 2.77. The van der Waals surface area contributed by atoms with Gasteiger partial charge in [-0.2, -0.15) is 0 Å². The van der Waals surface area contributed by atoms with Crippen LogP contribution in [-0.4, -0.2) is 49.1 Å². The van der Waals surface area contributed by atoms with Crippen molar-refractivity contribution >= 4 is 11.8 Å². The zero-order chi connectivity index (χ0) is 22.4. The summed E-state index contributed by atoms with van der Waals surface area (Å²) in [5.41, 5.74) is 2.85. The summed E-state index contributed by atoms with van der Waals surface area (Å²) in [5.74, 6) is 0.462. The van der Waals surface area contributed by atoms with E-state index >= 15 is 0 Å². The van der Waals surface area contributed by atoms with E-state index < -0.39 is 6.04 Å². The number of ether oxygens (including phenoxy) is 2. The minimum Gasteiger partial charge on any atom is -0.489 e. The van der Waals surface area contributed by atoms with Gasteiger partial charge in [-0.15, -0.1) is 0 Å². The maximum atomic E-state index is 12.5. The number of amides is 2. The van der Waals surface area contributed by atoms with Crippen molar-refractivity contribution in [3.8, 4) is 5.75 Å². The molecule has 1 aliphatic rings. The molecule has 2 amide bonds. The Morgan fingerprint density at radius 1 is 1.03 bits per heavy atom. The number of carbonyl (C=O) groups excluding carboxylic acids is 2. The van der Waals surface area contributed by atoms with Gasteiger partial charge in [0.25, 0.3) is 5.91 Å². The molecule has 0 saturated carbocycles. The first kappa shape index (κ1) is 22.8. The summed E-state index contributed by atoms with van der Waals surface area (Å²) >= 11 is 0. The zero-order valence-electron chi connectivity index (χ0n) is 18.8. The molecule has 0 radical (unpaired) electrons.